The summed E-state index contributed by atoms with van der Waals surface area (Å²) in [6, 6.07) is 0.811. The molecule has 0 radical (unpaired) electrons. The third-order valence-corrected chi connectivity index (χ3v) is 4.77. The molecule has 2 aliphatic rings. The lowest BCUT2D eigenvalue weighted by molar-refractivity contribution is -0.144. The minimum Gasteiger partial charge on any atom is -0.481 e. The number of aliphatic carboxylic acids is 1. The molecule has 0 heterocycles. The van der Waals surface area contributed by atoms with Crippen LogP contribution in [0.15, 0.2) is 0 Å². The molecule has 3 nitrogen and oxygen atoms in total. The van der Waals surface area contributed by atoms with Crippen LogP contribution in [-0.4, -0.2) is 35.1 Å². The number of nitrogens with zero attached hydrogens (tertiary/aromatic N) is 1. The monoisotopic (exact) mass is 239 g/mol. The zero-order valence-corrected chi connectivity index (χ0v) is 11.1. The van der Waals surface area contributed by atoms with Crippen molar-refractivity contribution >= 4 is 5.97 Å². The van der Waals surface area contributed by atoms with E-state index in [1.165, 1.54) is 25.7 Å². The summed E-state index contributed by atoms with van der Waals surface area (Å²) in [5, 5.41) is 9.39. The Morgan fingerprint density at radius 1 is 1.18 bits per heavy atom. The molecule has 0 aromatic rings. The molecule has 0 aromatic carbocycles. The molecular formula is C14H25NO2. The van der Waals surface area contributed by atoms with E-state index in [4.69, 9.17) is 0 Å². The van der Waals surface area contributed by atoms with Gasteiger partial charge < -0.3 is 5.11 Å². The van der Waals surface area contributed by atoms with Gasteiger partial charge in [-0.1, -0.05) is 19.3 Å². The highest BCUT2D eigenvalue weighted by Crippen LogP contribution is 2.37. The molecule has 2 saturated carbocycles. The number of rotatable bonds is 4. The second-order valence-corrected chi connectivity index (χ2v) is 5.89. The van der Waals surface area contributed by atoms with Gasteiger partial charge in [0.1, 0.15) is 0 Å². The summed E-state index contributed by atoms with van der Waals surface area (Å²) in [5.41, 5.74) is 0. The highest BCUT2D eigenvalue weighted by Gasteiger charge is 2.38. The molecule has 2 fully saturated rings. The standard InChI is InChI=1S/C14H25NO2/c1-10(11-8-9-11)15(2)13-7-5-3-4-6-12(13)14(16)17/h10-13H,3-9H2,1-2H3,(H,16,17). The topological polar surface area (TPSA) is 40.5 Å². The fourth-order valence-corrected chi connectivity index (χ4v) is 3.28. The van der Waals surface area contributed by atoms with Crippen LogP contribution in [0.2, 0.25) is 0 Å². The second kappa shape index (κ2) is 5.38. The Balaban J connectivity index is 2.04. The Morgan fingerprint density at radius 3 is 2.41 bits per heavy atom. The quantitative estimate of drug-likeness (QED) is 0.767. The highest BCUT2D eigenvalue weighted by molar-refractivity contribution is 5.70. The lowest BCUT2D eigenvalue weighted by Gasteiger charge is -2.36. The minimum absolute atomic E-state index is 0.149. The van der Waals surface area contributed by atoms with Crippen LogP contribution in [-0.2, 0) is 4.79 Å². The van der Waals surface area contributed by atoms with Crippen LogP contribution in [0.1, 0.15) is 51.9 Å². The second-order valence-electron chi connectivity index (χ2n) is 5.89. The van der Waals surface area contributed by atoms with E-state index in [2.05, 4.69) is 18.9 Å². The number of hydrogen-bond donors (Lipinski definition) is 1. The van der Waals surface area contributed by atoms with E-state index in [1.807, 2.05) is 0 Å². The largest absolute Gasteiger partial charge is 0.481 e. The fraction of sp³-hybridized carbons (Fsp3) is 0.929. The van der Waals surface area contributed by atoms with E-state index < -0.39 is 5.97 Å². The van der Waals surface area contributed by atoms with Gasteiger partial charge in [0, 0.05) is 12.1 Å². The van der Waals surface area contributed by atoms with Crippen molar-refractivity contribution in [1.82, 2.24) is 4.90 Å². The molecule has 0 spiro atoms. The first-order valence-electron chi connectivity index (χ1n) is 7.06. The number of carbonyl (C=O) groups is 1. The summed E-state index contributed by atoms with van der Waals surface area (Å²) in [7, 11) is 2.13. The van der Waals surface area contributed by atoms with Crippen LogP contribution in [0.4, 0.5) is 0 Å². The zero-order chi connectivity index (χ0) is 12.4. The normalized spacial score (nSPS) is 32.2. The van der Waals surface area contributed by atoms with Crippen LogP contribution >= 0.6 is 0 Å². The summed E-state index contributed by atoms with van der Waals surface area (Å²) in [6.07, 6.45) is 8.05. The highest BCUT2D eigenvalue weighted by atomic mass is 16.4. The van der Waals surface area contributed by atoms with Crippen LogP contribution in [0, 0.1) is 11.8 Å². The van der Waals surface area contributed by atoms with Crippen molar-refractivity contribution in [3.63, 3.8) is 0 Å². The molecule has 3 atom stereocenters. The van der Waals surface area contributed by atoms with Gasteiger partial charge in [0.2, 0.25) is 0 Å². The van der Waals surface area contributed by atoms with Crippen molar-refractivity contribution in [1.29, 1.82) is 0 Å². The van der Waals surface area contributed by atoms with E-state index in [1.54, 1.807) is 0 Å². The van der Waals surface area contributed by atoms with E-state index in [0.29, 0.717) is 6.04 Å². The molecule has 0 bridgehead atoms. The average Bonchev–Trinajstić information content (AvgIpc) is 3.12. The summed E-state index contributed by atoms with van der Waals surface area (Å²) < 4.78 is 0. The van der Waals surface area contributed by atoms with Crippen molar-refractivity contribution in [3.05, 3.63) is 0 Å². The van der Waals surface area contributed by atoms with Gasteiger partial charge in [-0.2, -0.15) is 0 Å². The fourth-order valence-electron chi connectivity index (χ4n) is 3.28. The minimum atomic E-state index is -0.591. The summed E-state index contributed by atoms with van der Waals surface area (Å²) in [6.45, 7) is 2.27. The molecule has 0 aromatic heterocycles. The molecule has 2 rings (SSSR count). The average molecular weight is 239 g/mol. The molecule has 98 valence electrons. The van der Waals surface area contributed by atoms with Crippen molar-refractivity contribution in [2.45, 2.75) is 64.0 Å². The lowest BCUT2D eigenvalue weighted by atomic mass is 9.92. The van der Waals surface area contributed by atoms with Crippen LogP contribution in [0.25, 0.3) is 0 Å². The molecule has 2 aliphatic carbocycles. The van der Waals surface area contributed by atoms with Crippen molar-refractivity contribution in [2.24, 2.45) is 11.8 Å². The van der Waals surface area contributed by atoms with Gasteiger partial charge >= 0.3 is 5.97 Å². The maximum Gasteiger partial charge on any atom is 0.308 e. The summed E-state index contributed by atoms with van der Waals surface area (Å²) in [4.78, 5) is 13.8. The molecule has 17 heavy (non-hydrogen) atoms. The molecule has 0 aliphatic heterocycles. The van der Waals surface area contributed by atoms with Crippen molar-refractivity contribution in [2.75, 3.05) is 7.05 Å². The molecule has 0 saturated heterocycles. The summed E-state index contributed by atoms with van der Waals surface area (Å²) >= 11 is 0. The van der Waals surface area contributed by atoms with Crippen LogP contribution < -0.4 is 0 Å². The number of carboxylic acid groups (broad SMARTS) is 1. The summed E-state index contributed by atoms with van der Waals surface area (Å²) in [5.74, 6) is 0.0770. The van der Waals surface area contributed by atoms with E-state index in [9.17, 15) is 9.90 Å². The molecule has 0 amide bonds. The smallest absolute Gasteiger partial charge is 0.308 e. The van der Waals surface area contributed by atoms with Gasteiger partial charge in [-0.15, -0.1) is 0 Å². The number of hydrogen-bond acceptors (Lipinski definition) is 2. The molecule has 3 unspecified atom stereocenters. The predicted octanol–water partition coefficient (Wildman–Crippen LogP) is 2.75. The first-order valence-corrected chi connectivity index (χ1v) is 7.06. The van der Waals surface area contributed by atoms with Crippen LogP contribution in [0.5, 0.6) is 0 Å². The van der Waals surface area contributed by atoms with E-state index in [0.717, 1.165) is 25.2 Å². The van der Waals surface area contributed by atoms with Crippen LogP contribution in [0.3, 0.4) is 0 Å². The van der Waals surface area contributed by atoms with Crippen molar-refractivity contribution in [3.8, 4) is 0 Å². The number of carboxylic acids is 1. The Morgan fingerprint density at radius 2 is 1.82 bits per heavy atom. The maximum atomic E-state index is 11.4. The van der Waals surface area contributed by atoms with Gasteiger partial charge in [-0.05, 0) is 45.6 Å². The van der Waals surface area contributed by atoms with Gasteiger partial charge in [0.25, 0.3) is 0 Å². The Kier molecular flexibility index (Phi) is 4.08. The third kappa shape index (κ3) is 3.01. The Hall–Kier alpha value is -0.570. The van der Waals surface area contributed by atoms with Gasteiger partial charge in [0.15, 0.2) is 0 Å². The maximum absolute atomic E-state index is 11.4. The van der Waals surface area contributed by atoms with Gasteiger partial charge in [-0.25, -0.2) is 0 Å². The predicted molar refractivity (Wildman–Crippen MR) is 67.9 cm³/mol. The molecule has 3 heteroatoms. The van der Waals surface area contributed by atoms with Gasteiger partial charge in [0.05, 0.1) is 5.92 Å². The first-order chi connectivity index (χ1) is 8.11. The Labute approximate surface area is 104 Å². The first kappa shape index (κ1) is 12.9. The van der Waals surface area contributed by atoms with E-state index in [-0.39, 0.29) is 12.0 Å². The van der Waals surface area contributed by atoms with E-state index >= 15 is 0 Å². The lowest BCUT2D eigenvalue weighted by Crippen LogP contribution is -2.46. The zero-order valence-electron chi connectivity index (χ0n) is 11.1. The third-order valence-electron chi connectivity index (χ3n) is 4.77. The SMILES string of the molecule is CC(C1CC1)N(C)C1CCCCCC1C(=O)O. The molecule has 1 N–H and O–H groups in total. The Bertz CT molecular complexity index is 275. The van der Waals surface area contributed by atoms with Crippen molar-refractivity contribution < 1.29 is 9.90 Å². The molecular weight excluding hydrogens is 214 g/mol. The van der Waals surface area contributed by atoms with Gasteiger partial charge in [-0.3, -0.25) is 9.69 Å².